The minimum atomic E-state index is -0.858. The van der Waals surface area contributed by atoms with Crippen molar-refractivity contribution in [2.24, 2.45) is 16.1 Å². The number of nitrogens with zero attached hydrogens (tertiary/aromatic N) is 3. The quantitative estimate of drug-likeness (QED) is 0.0187. The predicted molar refractivity (Wildman–Crippen MR) is 279 cm³/mol. The number of benzene rings is 4. The summed E-state index contributed by atoms with van der Waals surface area (Å²) in [6.07, 6.45) is 8.59. The number of hydrogen-bond acceptors (Lipinski definition) is 14. The zero-order valence-corrected chi connectivity index (χ0v) is 42.4. The van der Waals surface area contributed by atoms with E-state index in [1.165, 1.54) is 34.7 Å². The van der Waals surface area contributed by atoms with Crippen LogP contribution in [-0.4, -0.2) is 60.2 Å². The summed E-state index contributed by atoms with van der Waals surface area (Å²) in [4.78, 5) is 43.6. The van der Waals surface area contributed by atoms with Crippen LogP contribution in [0.5, 0.6) is 17.2 Å². The van der Waals surface area contributed by atoms with Crippen LogP contribution in [0.4, 0.5) is 15.1 Å². The number of fused-ring (bicyclic) bond motifs is 1. The highest BCUT2D eigenvalue weighted by Crippen LogP contribution is 2.35. The smallest absolute Gasteiger partial charge is 0.335 e. The number of pyridine rings is 1. The van der Waals surface area contributed by atoms with Gasteiger partial charge in [-0.25, -0.2) is 9.18 Å². The number of ether oxygens (including phenoxy) is 5. The fourth-order valence-electron chi connectivity index (χ4n) is 8.18. The van der Waals surface area contributed by atoms with Crippen LogP contribution >= 0.6 is 27.3 Å². The van der Waals surface area contributed by atoms with E-state index in [9.17, 15) is 14.4 Å². The molecule has 2 aliphatic rings. The molecule has 16 heteroatoms. The Kier molecular flexibility index (Phi) is 16.5. The number of thiophene rings is 1. The number of nitrogens with one attached hydrogen (secondary N) is 2. The fourth-order valence-corrected chi connectivity index (χ4v) is 9.61. The Morgan fingerprint density at radius 1 is 0.845 bits per heavy atom. The molecule has 8 rings (SSSR count). The van der Waals surface area contributed by atoms with Crippen molar-refractivity contribution < 1.29 is 42.5 Å². The molecule has 2 N–H and O–H groups in total. The molecule has 0 bridgehead atoms. The summed E-state index contributed by atoms with van der Waals surface area (Å²) >= 11 is 5.20. The third kappa shape index (κ3) is 13.4. The number of carbonyl (C=O) groups excluding carboxylic acids is 3. The molecule has 6 aromatic rings. The molecular formula is C55H55BrFN5O8S. The topological polar surface area (TPSA) is 162 Å². The number of halogens is 2. The van der Waals surface area contributed by atoms with Crippen molar-refractivity contribution in [2.45, 2.75) is 90.8 Å². The summed E-state index contributed by atoms with van der Waals surface area (Å²) in [7, 11) is 0. The first-order valence-corrected chi connectivity index (χ1v) is 25.2. The zero-order chi connectivity index (χ0) is 50.1. The van der Waals surface area contributed by atoms with Crippen molar-refractivity contribution in [1.82, 2.24) is 4.98 Å². The van der Waals surface area contributed by atoms with E-state index in [0.717, 1.165) is 72.7 Å². The van der Waals surface area contributed by atoms with E-state index in [2.05, 4.69) is 62.4 Å². The second kappa shape index (κ2) is 23.1. The molecule has 1 unspecified atom stereocenters. The maximum absolute atomic E-state index is 15.8. The maximum atomic E-state index is 15.8. The molecule has 13 nitrogen and oxygen atoms in total. The van der Waals surface area contributed by atoms with Crippen LogP contribution in [0, 0.1) is 18.7 Å². The van der Waals surface area contributed by atoms with Gasteiger partial charge in [0.2, 0.25) is 0 Å². The van der Waals surface area contributed by atoms with Gasteiger partial charge in [-0.15, -0.1) is 11.3 Å². The van der Waals surface area contributed by atoms with Crippen LogP contribution < -0.4 is 25.1 Å². The summed E-state index contributed by atoms with van der Waals surface area (Å²) < 4.78 is 46.0. The van der Waals surface area contributed by atoms with Gasteiger partial charge in [0.05, 0.1) is 60.0 Å². The Morgan fingerprint density at radius 2 is 1.56 bits per heavy atom. The first-order valence-electron chi connectivity index (χ1n) is 23.6. The Hall–Kier alpha value is -6.59. The molecule has 0 amide bonds. The third-order valence-corrected chi connectivity index (χ3v) is 14.1. The van der Waals surface area contributed by atoms with E-state index >= 15 is 4.39 Å². The first kappa shape index (κ1) is 50.8. The van der Waals surface area contributed by atoms with Gasteiger partial charge in [-0.05, 0) is 135 Å². The average molecular weight is 1050 g/mol. The lowest BCUT2D eigenvalue weighted by Gasteiger charge is -2.27. The standard InChI is InChI=1S/C55H55BrFN5O8S/c1-6-34-12-17-42(24-35(34)7-2)61-58-30-41-26-49(70-54(65)37-13-18-43(19-14-37)66-31-55(5)32-67-55)45(57)27-48(41)69-53(64)22-16-36-10-11-39(25-44(36)56)38-15-20-47(68-52(63)8-3)40(23-38)29-59-62-51-28-46-50(71-51)21-9-33(4)60-46/h8-12,15,17,20-21,23-30,37,43,61-62H,3,6-7,13-14,16,18-19,22,31-32H2,1-2,4-5H3/b58-30+,59-29+. The van der Waals surface area contributed by atoms with Crippen LogP contribution in [-0.2, 0) is 43.1 Å². The monoisotopic (exact) mass is 1040 g/mol. The highest BCUT2D eigenvalue weighted by molar-refractivity contribution is 9.10. The molecule has 3 heterocycles. The number of carbonyl (C=O) groups is 3. The van der Waals surface area contributed by atoms with Gasteiger partial charge >= 0.3 is 17.9 Å². The minimum Gasteiger partial charge on any atom is -0.426 e. The number of hydrazone groups is 2. The number of hydrogen-bond donors (Lipinski definition) is 2. The first-order chi connectivity index (χ1) is 34.3. The molecule has 1 atom stereocenters. The van der Waals surface area contributed by atoms with Crippen LogP contribution in [0.25, 0.3) is 21.3 Å². The van der Waals surface area contributed by atoms with E-state index in [4.69, 9.17) is 23.7 Å². The molecule has 1 saturated heterocycles. The van der Waals surface area contributed by atoms with Crippen LogP contribution in [0.2, 0.25) is 0 Å². The highest BCUT2D eigenvalue weighted by atomic mass is 79.9. The largest absolute Gasteiger partial charge is 0.426 e. The minimum absolute atomic E-state index is 0.0274. The number of aryl methyl sites for hydroxylation is 4. The Bertz CT molecular complexity index is 3020. The summed E-state index contributed by atoms with van der Waals surface area (Å²) in [6, 6.07) is 25.4. The molecular weight excluding hydrogens is 990 g/mol. The maximum Gasteiger partial charge on any atom is 0.335 e. The number of anilines is 2. The normalized spacial score (nSPS) is 17.6. The van der Waals surface area contributed by atoms with Crippen LogP contribution in [0.3, 0.4) is 0 Å². The third-order valence-electron chi connectivity index (χ3n) is 12.4. The molecule has 1 aliphatic heterocycles. The lowest BCUT2D eigenvalue weighted by Crippen LogP contribution is -2.30. The summed E-state index contributed by atoms with van der Waals surface area (Å²) in [5.74, 6) is -3.09. The van der Waals surface area contributed by atoms with E-state index in [1.54, 1.807) is 12.3 Å². The van der Waals surface area contributed by atoms with Gasteiger partial charge in [-0.1, -0.05) is 60.6 Å². The number of epoxide rings is 1. The van der Waals surface area contributed by atoms with Gasteiger partial charge in [0.1, 0.15) is 22.1 Å². The van der Waals surface area contributed by atoms with Gasteiger partial charge in [-0.3, -0.25) is 25.4 Å². The van der Waals surface area contributed by atoms with E-state index in [0.29, 0.717) is 56.6 Å². The lowest BCUT2D eigenvalue weighted by molar-refractivity contribution is -0.141. The van der Waals surface area contributed by atoms with Crippen molar-refractivity contribution in [3.8, 4) is 28.4 Å². The van der Waals surface area contributed by atoms with Gasteiger partial charge in [0.25, 0.3) is 0 Å². The van der Waals surface area contributed by atoms with Crippen molar-refractivity contribution in [2.75, 3.05) is 24.1 Å². The summed E-state index contributed by atoms with van der Waals surface area (Å²) in [5, 5.41) is 9.64. The van der Waals surface area contributed by atoms with Crippen molar-refractivity contribution in [3.05, 3.63) is 141 Å². The van der Waals surface area contributed by atoms with Crippen molar-refractivity contribution >= 4 is 78.5 Å². The molecule has 2 fully saturated rings. The van der Waals surface area contributed by atoms with Crippen LogP contribution in [0.15, 0.2) is 112 Å². The molecule has 1 aliphatic carbocycles. The summed E-state index contributed by atoms with van der Waals surface area (Å²) in [5.41, 5.74) is 14.1. The zero-order valence-electron chi connectivity index (χ0n) is 40.0. The van der Waals surface area contributed by atoms with E-state index in [-0.39, 0.29) is 35.2 Å². The van der Waals surface area contributed by atoms with Crippen molar-refractivity contribution in [1.29, 1.82) is 0 Å². The lowest BCUT2D eigenvalue weighted by atomic mass is 9.87. The number of aromatic nitrogens is 1. The molecule has 71 heavy (non-hydrogen) atoms. The second-order valence-electron chi connectivity index (χ2n) is 17.8. The highest BCUT2D eigenvalue weighted by Gasteiger charge is 2.41. The molecule has 4 aromatic carbocycles. The fraction of sp³-hybridized carbons (Fsp3) is 0.309. The Labute approximate surface area is 424 Å². The van der Waals surface area contributed by atoms with Gasteiger partial charge in [0.15, 0.2) is 11.6 Å². The van der Waals surface area contributed by atoms with Gasteiger partial charge < -0.3 is 23.7 Å². The number of esters is 3. The molecule has 368 valence electrons. The molecule has 0 spiro atoms. The van der Waals surface area contributed by atoms with Gasteiger partial charge in [-0.2, -0.15) is 10.2 Å². The van der Waals surface area contributed by atoms with Crippen molar-refractivity contribution in [3.63, 3.8) is 0 Å². The number of rotatable bonds is 20. The Balaban J connectivity index is 0.941. The molecule has 0 radical (unpaired) electrons. The van der Waals surface area contributed by atoms with Crippen LogP contribution in [0.1, 0.15) is 86.4 Å². The SMILES string of the molecule is C=CC(=O)Oc1ccc(-c2ccc(CCC(=O)Oc3cc(F)c(OC(=O)C4CCC(OCC5(C)CO5)CC4)cc3/C=N/Nc3ccc(CC)c(CC)c3)c(Br)c2)cc1/C=N/Nc1cc2nc(C)ccc2s1. The predicted octanol–water partition coefficient (Wildman–Crippen LogP) is 12.1. The average Bonchev–Trinajstić information content (AvgIpc) is 3.98. The molecule has 1 saturated carbocycles. The van der Waals surface area contributed by atoms with E-state index < -0.39 is 29.6 Å². The summed E-state index contributed by atoms with van der Waals surface area (Å²) in [6.45, 7) is 12.9. The van der Waals surface area contributed by atoms with E-state index in [1.807, 2.05) is 80.6 Å². The Morgan fingerprint density at radius 3 is 2.30 bits per heavy atom. The second-order valence-corrected chi connectivity index (χ2v) is 19.7. The molecule has 2 aromatic heterocycles. The van der Waals surface area contributed by atoms with Gasteiger partial charge in [0, 0.05) is 39.5 Å².